The average molecular weight is 350 g/mol. The van der Waals surface area contributed by atoms with E-state index in [9.17, 15) is 18.0 Å². The summed E-state index contributed by atoms with van der Waals surface area (Å²) in [6.45, 7) is 1.70. The van der Waals surface area contributed by atoms with Crippen LogP contribution in [0, 0.1) is 6.92 Å². The van der Waals surface area contributed by atoms with E-state index < -0.39 is 18.0 Å². The highest BCUT2D eigenvalue weighted by Gasteiger charge is 2.36. The molecule has 6 nitrogen and oxygen atoms in total. The Labute approximate surface area is 140 Å². The number of benzene rings is 1. The lowest BCUT2D eigenvalue weighted by Crippen LogP contribution is -2.12. The van der Waals surface area contributed by atoms with E-state index in [-0.39, 0.29) is 17.0 Å². The van der Waals surface area contributed by atoms with Gasteiger partial charge in [0.1, 0.15) is 11.5 Å². The van der Waals surface area contributed by atoms with Gasteiger partial charge < -0.3 is 15.0 Å². The minimum atomic E-state index is -4.68. The van der Waals surface area contributed by atoms with Crippen LogP contribution in [-0.4, -0.2) is 28.0 Å². The van der Waals surface area contributed by atoms with Crippen LogP contribution in [0.3, 0.4) is 0 Å². The third-order valence-electron chi connectivity index (χ3n) is 3.42. The zero-order valence-electron chi connectivity index (χ0n) is 13.2. The van der Waals surface area contributed by atoms with Gasteiger partial charge in [0.05, 0.1) is 18.1 Å². The van der Waals surface area contributed by atoms with Crippen molar-refractivity contribution < 1.29 is 22.7 Å². The van der Waals surface area contributed by atoms with E-state index in [0.29, 0.717) is 16.8 Å². The number of anilines is 2. The van der Waals surface area contributed by atoms with E-state index in [1.807, 2.05) is 0 Å². The first-order valence-corrected chi connectivity index (χ1v) is 7.18. The molecule has 3 rings (SSSR count). The van der Waals surface area contributed by atoms with Crippen LogP contribution in [0.15, 0.2) is 30.3 Å². The van der Waals surface area contributed by atoms with Crippen LogP contribution in [-0.2, 0) is 10.9 Å². The van der Waals surface area contributed by atoms with Crippen LogP contribution in [0.2, 0.25) is 0 Å². The van der Waals surface area contributed by atoms with Crippen molar-refractivity contribution >= 4 is 28.5 Å². The third-order valence-corrected chi connectivity index (χ3v) is 3.42. The predicted molar refractivity (Wildman–Crippen MR) is 84.7 cm³/mol. The highest BCUT2D eigenvalue weighted by Crippen LogP contribution is 2.31. The van der Waals surface area contributed by atoms with Crippen LogP contribution in [0.5, 0.6) is 0 Å². The quantitative estimate of drug-likeness (QED) is 0.702. The number of methoxy groups -OCH3 is 1. The highest BCUT2D eigenvalue weighted by atomic mass is 19.4. The molecular weight excluding hydrogens is 337 g/mol. The maximum atomic E-state index is 13.0. The molecule has 0 saturated heterocycles. The molecule has 0 aliphatic rings. The van der Waals surface area contributed by atoms with E-state index in [4.69, 9.17) is 0 Å². The molecule has 1 aromatic carbocycles. The fraction of sp³-hybridized carbons (Fsp3) is 0.188. The van der Waals surface area contributed by atoms with Gasteiger partial charge in [0.15, 0.2) is 0 Å². The number of ether oxygens (including phenoxy) is 1. The lowest BCUT2D eigenvalue weighted by atomic mass is 10.2. The van der Waals surface area contributed by atoms with Gasteiger partial charge in [-0.05, 0) is 31.2 Å². The van der Waals surface area contributed by atoms with E-state index in [2.05, 4.69) is 25.0 Å². The second kappa shape index (κ2) is 6.08. The van der Waals surface area contributed by atoms with Gasteiger partial charge in [-0.1, -0.05) is 6.07 Å². The van der Waals surface area contributed by atoms with Gasteiger partial charge >= 0.3 is 12.1 Å². The molecule has 0 fully saturated rings. The molecule has 2 N–H and O–H groups in total. The summed E-state index contributed by atoms with van der Waals surface area (Å²) in [5.41, 5.74) is 1.38. The molecule has 0 bridgehead atoms. The standard InChI is InChI=1S/C16H13F3N4O2/c1-8-6-11-12(20-8)22-15(16(17,18)19)23-13(11)21-10-5-3-4-9(7-10)14(24)25-2/h3-7H,1-2H3,(H2,20,21,22,23). The zero-order chi connectivity index (χ0) is 18.2. The van der Waals surface area contributed by atoms with Crippen molar-refractivity contribution in [2.24, 2.45) is 0 Å². The topological polar surface area (TPSA) is 79.9 Å². The molecule has 0 radical (unpaired) electrons. The van der Waals surface area contributed by atoms with Crippen molar-refractivity contribution in [1.82, 2.24) is 15.0 Å². The molecule has 0 unspecified atom stereocenters. The predicted octanol–water partition coefficient (Wildman–Crippen LogP) is 3.82. The Morgan fingerprint density at radius 3 is 2.68 bits per heavy atom. The molecule has 0 saturated carbocycles. The van der Waals surface area contributed by atoms with Gasteiger partial charge in [-0.3, -0.25) is 0 Å². The minimum Gasteiger partial charge on any atom is -0.465 e. The molecular formula is C16H13F3N4O2. The molecule has 0 aliphatic carbocycles. The maximum Gasteiger partial charge on any atom is 0.451 e. The summed E-state index contributed by atoms with van der Waals surface area (Å²) >= 11 is 0. The maximum absolute atomic E-state index is 13.0. The summed E-state index contributed by atoms with van der Waals surface area (Å²) in [4.78, 5) is 21.5. The Morgan fingerprint density at radius 2 is 2.00 bits per heavy atom. The van der Waals surface area contributed by atoms with Crippen molar-refractivity contribution in [3.05, 3.63) is 47.4 Å². The number of esters is 1. The fourth-order valence-corrected chi connectivity index (χ4v) is 2.34. The molecule has 9 heteroatoms. The average Bonchev–Trinajstić information content (AvgIpc) is 2.94. The lowest BCUT2D eigenvalue weighted by Gasteiger charge is -2.11. The Morgan fingerprint density at radius 1 is 1.24 bits per heavy atom. The number of nitrogens with zero attached hydrogens (tertiary/aromatic N) is 2. The molecule has 25 heavy (non-hydrogen) atoms. The molecule has 0 spiro atoms. The first-order valence-electron chi connectivity index (χ1n) is 7.18. The van der Waals surface area contributed by atoms with Gasteiger partial charge in [0.25, 0.3) is 0 Å². The van der Waals surface area contributed by atoms with Crippen molar-refractivity contribution in [3.63, 3.8) is 0 Å². The SMILES string of the molecule is COC(=O)c1cccc(Nc2nc(C(F)(F)F)nc3[nH]c(C)cc23)c1. The number of H-pyrrole nitrogens is 1. The highest BCUT2D eigenvalue weighted by molar-refractivity contribution is 5.92. The Bertz CT molecular complexity index is 950. The lowest BCUT2D eigenvalue weighted by molar-refractivity contribution is -0.144. The smallest absolute Gasteiger partial charge is 0.451 e. The number of alkyl halides is 3. The van der Waals surface area contributed by atoms with Gasteiger partial charge in [0.2, 0.25) is 5.82 Å². The first-order chi connectivity index (χ1) is 11.8. The number of nitrogens with one attached hydrogen (secondary N) is 2. The summed E-state index contributed by atoms with van der Waals surface area (Å²) in [6.07, 6.45) is -4.68. The Hall–Kier alpha value is -3.10. The van der Waals surface area contributed by atoms with Crippen LogP contribution in [0.1, 0.15) is 21.9 Å². The third kappa shape index (κ3) is 3.39. The van der Waals surface area contributed by atoms with E-state index in [0.717, 1.165) is 0 Å². The number of rotatable bonds is 3. The van der Waals surface area contributed by atoms with Crippen LogP contribution >= 0.6 is 0 Å². The monoisotopic (exact) mass is 350 g/mol. The number of aryl methyl sites for hydroxylation is 1. The number of carbonyl (C=O) groups is 1. The van der Waals surface area contributed by atoms with Crippen LogP contribution in [0.4, 0.5) is 24.7 Å². The largest absolute Gasteiger partial charge is 0.465 e. The second-order valence-electron chi connectivity index (χ2n) is 5.31. The van der Waals surface area contributed by atoms with E-state index >= 15 is 0 Å². The fourth-order valence-electron chi connectivity index (χ4n) is 2.34. The molecule has 0 aliphatic heterocycles. The molecule has 3 aromatic rings. The van der Waals surface area contributed by atoms with Crippen LogP contribution < -0.4 is 5.32 Å². The summed E-state index contributed by atoms with van der Waals surface area (Å²) in [5, 5.41) is 3.22. The number of fused-ring (bicyclic) bond motifs is 1. The van der Waals surface area contributed by atoms with Crippen molar-refractivity contribution in [1.29, 1.82) is 0 Å². The Balaban J connectivity index is 2.07. The molecule has 130 valence electrons. The van der Waals surface area contributed by atoms with Crippen molar-refractivity contribution in [2.45, 2.75) is 13.1 Å². The second-order valence-corrected chi connectivity index (χ2v) is 5.31. The van der Waals surface area contributed by atoms with Crippen molar-refractivity contribution in [2.75, 3.05) is 12.4 Å². The van der Waals surface area contributed by atoms with Crippen LogP contribution in [0.25, 0.3) is 11.0 Å². The first kappa shape index (κ1) is 16.7. The minimum absolute atomic E-state index is 0.0105. The number of aromatic nitrogens is 3. The zero-order valence-corrected chi connectivity index (χ0v) is 13.2. The number of halogens is 3. The number of hydrogen-bond acceptors (Lipinski definition) is 5. The van der Waals surface area contributed by atoms with Gasteiger partial charge in [-0.15, -0.1) is 0 Å². The summed E-state index contributed by atoms with van der Waals surface area (Å²) in [7, 11) is 1.24. The number of hydrogen-bond donors (Lipinski definition) is 2. The summed E-state index contributed by atoms with van der Waals surface area (Å²) in [6, 6.07) is 7.83. The normalized spacial score (nSPS) is 11.6. The van der Waals surface area contributed by atoms with E-state index in [1.165, 1.54) is 19.2 Å². The van der Waals surface area contributed by atoms with E-state index in [1.54, 1.807) is 25.1 Å². The van der Waals surface area contributed by atoms with Gasteiger partial charge in [0, 0.05) is 11.4 Å². The number of aromatic amines is 1. The molecule has 2 heterocycles. The molecule has 0 atom stereocenters. The van der Waals surface area contributed by atoms with Crippen molar-refractivity contribution in [3.8, 4) is 0 Å². The molecule has 0 amide bonds. The summed E-state index contributed by atoms with van der Waals surface area (Å²) < 4.78 is 43.7. The molecule has 2 aromatic heterocycles. The van der Waals surface area contributed by atoms with Gasteiger partial charge in [-0.25, -0.2) is 14.8 Å². The summed E-state index contributed by atoms with van der Waals surface area (Å²) in [5.74, 6) is -1.82. The Kier molecular flexibility index (Phi) is 4.07. The number of carbonyl (C=O) groups excluding carboxylic acids is 1. The van der Waals surface area contributed by atoms with Gasteiger partial charge in [-0.2, -0.15) is 13.2 Å².